The first kappa shape index (κ1) is 14.3. The molecule has 0 atom stereocenters. The molecule has 1 fully saturated rings. The third kappa shape index (κ3) is 3.51. The molecule has 2 aromatic heterocycles. The van der Waals surface area contributed by atoms with Gasteiger partial charge in [-0.3, -0.25) is 0 Å². The zero-order chi connectivity index (χ0) is 14.7. The van der Waals surface area contributed by atoms with Crippen LogP contribution in [0.2, 0.25) is 0 Å². The highest BCUT2D eigenvalue weighted by Gasteiger charge is 2.18. The van der Waals surface area contributed by atoms with E-state index in [1.807, 2.05) is 25.3 Å². The number of nitrogens with zero attached hydrogens (tertiary/aromatic N) is 3. The van der Waals surface area contributed by atoms with Crippen LogP contribution in [0.1, 0.15) is 31.2 Å². The molecule has 0 bridgehead atoms. The zero-order valence-corrected chi connectivity index (χ0v) is 12.5. The van der Waals surface area contributed by atoms with Crippen molar-refractivity contribution in [2.75, 3.05) is 18.5 Å². The van der Waals surface area contributed by atoms with Crippen molar-refractivity contribution in [2.45, 2.75) is 44.8 Å². The minimum Gasteiger partial charge on any atom is -0.376 e. The Morgan fingerprint density at radius 1 is 1.38 bits per heavy atom. The molecule has 2 aromatic rings. The molecule has 1 aliphatic rings. The number of nitrogens with two attached hydrogens (primary N) is 1. The summed E-state index contributed by atoms with van der Waals surface area (Å²) in [4.78, 5) is 4.48. The lowest BCUT2D eigenvalue weighted by Gasteiger charge is -2.26. The van der Waals surface area contributed by atoms with E-state index in [0.717, 1.165) is 43.4 Å². The standard InChI is InChI=1S/C15H23N5O/c1-11-3-2-9-20-14(11)18-15(19-20)17-8-10-21-13-6-4-12(16)5-7-13/h2-3,9,12-13H,4-8,10,16H2,1H3,(H,17,19). The van der Waals surface area contributed by atoms with Crippen LogP contribution in [-0.2, 0) is 4.74 Å². The lowest BCUT2D eigenvalue weighted by Crippen LogP contribution is -2.31. The zero-order valence-electron chi connectivity index (χ0n) is 12.5. The maximum Gasteiger partial charge on any atom is 0.243 e. The number of aryl methyl sites for hydroxylation is 1. The Kier molecular flexibility index (Phi) is 4.36. The smallest absolute Gasteiger partial charge is 0.243 e. The van der Waals surface area contributed by atoms with Crippen molar-refractivity contribution in [1.29, 1.82) is 0 Å². The van der Waals surface area contributed by atoms with Crippen LogP contribution in [0.4, 0.5) is 5.95 Å². The molecule has 0 aliphatic heterocycles. The molecule has 6 heteroatoms. The Labute approximate surface area is 124 Å². The van der Waals surface area contributed by atoms with Crippen LogP contribution >= 0.6 is 0 Å². The average Bonchev–Trinajstić information content (AvgIpc) is 2.90. The maximum atomic E-state index is 5.89. The Morgan fingerprint density at radius 2 is 2.19 bits per heavy atom. The Morgan fingerprint density at radius 3 is 2.95 bits per heavy atom. The van der Waals surface area contributed by atoms with Crippen molar-refractivity contribution >= 4 is 11.6 Å². The Hall–Kier alpha value is -1.66. The Bertz CT molecular complexity index is 589. The summed E-state index contributed by atoms with van der Waals surface area (Å²) >= 11 is 0. The molecule has 0 radical (unpaired) electrons. The van der Waals surface area contributed by atoms with Gasteiger partial charge in [0, 0.05) is 18.8 Å². The van der Waals surface area contributed by atoms with Gasteiger partial charge in [-0.25, -0.2) is 4.52 Å². The van der Waals surface area contributed by atoms with Gasteiger partial charge in [-0.2, -0.15) is 4.98 Å². The highest BCUT2D eigenvalue weighted by Crippen LogP contribution is 2.19. The number of aromatic nitrogens is 3. The minimum absolute atomic E-state index is 0.364. The molecule has 1 saturated carbocycles. The minimum atomic E-state index is 0.364. The fraction of sp³-hybridized carbons (Fsp3) is 0.600. The second-order valence-electron chi connectivity index (χ2n) is 5.73. The molecular weight excluding hydrogens is 266 g/mol. The molecule has 1 aliphatic carbocycles. The number of rotatable bonds is 5. The number of pyridine rings is 1. The predicted molar refractivity (Wildman–Crippen MR) is 82.4 cm³/mol. The van der Waals surface area contributed by atoms with Gasteiger partial charge in [0.1, 0.15) is 0 Å². The summed E-state index contributed by atoms with van der Waals surface area (Å²) in [7, 11) is 0. The second-order valence-corrected chi connectivity index (χ2v) is 5.73. The van der Waals surface area contributed by atoms with Gasteiger partial charge in [-0.1, -0.05) is 6.07 Å². The molecule has 114 valence electrons. The summed E-state index contributed by atoms with van der Waals surface area (Å²) in [6.45, 7) is 3.43. The lowest BCUT2D eigenvalue weighted by molar-refractivity contribution is 0.0312. The summed E-state index contributed by atoms with van der Waals surface area (Å²) < 4.78 is 7.66. The number of fused-ring (bicyclic) bond motifs is 1. The van der Waals surface area contributed by atoms with E-state index >= 15 is 0 Å². The van der Waals surface area contributed by atoms with Gasteiger partial charge >= 0.3 is 0 Å². The first-order chi connectivity index (χ1) is 10.2. The topological polar surface area (TPSA) is 77.5 Å². The molecule has 0 saturated heterocycles. The number of nitrogens with one attached hydrogen (secondary N) is 1. The van der Waals surface area contributed by atoms with Crippen molar-refractivity contribution in [3.8, 4) is 0 Å². The lowest BCUT2D eigenvalue weighted by atomic mass is 9.94. The van der Waals surface area contributed by atoms with Crippen molar-refractivity contribution in [3.05, 3.63) is 23.9 Å². The number of anilines is 1. The van der Waals surface area contributed by atoms with Gasteiger partial charge in [0.05, 0.1) is 12.7 Å². The van der Waals surface area contributed by atoms with Gasteiger partial charge in [0.15, 0.2) is 5.65 Å². The van der Waals surface area contributed by atoms with Gasteiger partial charge in [0.2, 0.25) is 5.95 Å². The fourth-order valence-electron chi connectivity index (χ4n) is 2.76. The number of hydrogen-bond donors (Lipinski definition) is 2. The molecule has 21 heavy (non-hydrogen) atoms. The van der Waals surface area contributed by atoms with Gasteiger partial charge in [-0.05, 0) is 44.2 Å². The SMILES string of the molecule is Cc1cccn2nc(NCCOC3CCC(N)CC3)nc12. The van der Waals surface area contributed by atoms with E-state index in [1.54, 1.807) is 4.52 Å². The second kappa shape index (κ2) is 6.41. The van der Waals surface area contributed by atoms with E-state index in [-0.39, 0.29) is 0 Å². The van der Waals surface area contributed by atoms with Crippen LogP contribution in [0.5, 0.6) is 0 Å². The molecule has 2 heterocycles. The van der Waals surface area contributed by atoms with Gasteiger partial charge in [0.25, 0.3) is 0 Å². The summed E-state index contributed by atoms with van der Waals surface area (Å²) in [5.41, 5.74) is 7.90. The molecule has 3 N–H and O–H groups in total. The van der Waals surface area contributed by atoms with E-state index < -0.39 is 0 Å². The van der Waals surface area contributed by atoms with Crippen LogP contribution in [0, 0.1) is 6.92 Å². The van der Waals surface area contributed by atoms with E-state index in [4.69, 9.17) is 10.5 Å². The highest BCUT2D eigenvalue weighted by molar-refractivity contribution is 5.49. The summed E-state index contributed by atoms with van der Waals surface area (Å²) in [5, 5.41) is 7.61. The molecule has 6 nitrogen and oxygen atoms in total. The van der Waals surface area contributed by atoms with E-state index in [2.05, 4.69) is 15.4 Å². The van der Waals surface area contributed by atoms with Crippen LogP contribution in [-0.4, -0.2) is 39.9 Å². The van der Waals surface area contributed by atoms with Crippen molar-refractivity contribution in [2.24, 2.45) is 5.73 Å². The molecule has 0 spiro atoms. The maximum absolute atomic E-state index is 5.89. The van der Waals surface area contributed by atoms with Gasteiger partial charge < -0.3 is 15.8 Å². The normalized spacial score (nSPS) is 22.6. The number of ether oxygens (including phenoxy) is 1. The van der Waals surface area contributed by atoms with Crippen LogP contribution in [0.15, 0.2) is 18.3 Å². The van der Waals surface area contributed by atoms with Crippen molar-refractivity contribution in [3.63, 3.8) is 0 Å². The van der Waals surface area contributed by atoms with E-state index in [9.17, 15) is 0 Å². The van der Waals surface area contributed by atoms with Crippen molar-refractivity contribution in [1.82, 2.24) is 14.6 Å². The van der Waals surface area contributed by atoms with Crippen LogP contribution in [0.25, 0.3) is 5.65 Å². The summed E-state index contributed by atoms with van der Waals surface area (Å²) in [6, 6.07) is 4.37. The van der Waals surface area contributed by atoms with Crippen molar-refractivity contribution < 1.29 is 4.74 Å². The predicted octanol–water partition coefficient (Wildman–Crippen LogP) is 1.74. The van der Waals surface area contributed by atoms with Gasteiger partial charge in [-0.15, -0.1) is 5.10 Å². The number of hydrogen-bond acceptors (Lipinski definition) is 5. The third-order valence-electron chi connectivity index (χ3n) is 4.02. The molecule has 0 unspecified atom stereocenters. The largest absolute Gasteiger partial charge is 0.376 e. The summed E-state index contributed by atoms with van der Waals surface area (Å²) in [6.07, 6.45) is 6.57. The first-order valence-electron chi connectivity index (χ1n) is 7.65. The van der Waals surface area contributed by atoms with E-state index in [0.29, 0.717) is 24.7 Å². The molecular formula is C15H23N5O. The monoisotopic (exact) mass is 289 g/mol. The van der Waals surface area contributed by atoms with Crippen LogP contribution < -0.4 is 11.1 Å². The molecule has 3 rings (SSSR count). The van der Waals surface area contributed by atoms with E-state index in [1.165, 1.54) is 0 Å². The average molecular weight is 289 g/mol. The van der Waals surface area contributed by atoms with Crippen LogP contribution in [0.3, 0.4) is 0 Å². The fourth-order valence-corrected chi connectivity index (χ4v) is 2.76. The molecule has 0 amide bonds. The summed E-state index contributed by atoms with van der Waals surface area (Å²) in [5.74, 6) is 0.651. The highest BCUT2D eigenvalue weighted by atomic mass is 16.5. The Balaban J connectivity index is 1.45. The quantitative estimate of drug-likeness (QED) is 0.820. The molecule has 0 aromatic carbocycles. The third-order valence-corrected chi connectivity index (χ3v) is 4.02. The first-order valence-corrected chi connectivity index (χ1v) is 7.65.